The lowest BCUT2D eigenvalue weighted by Crippen LogP contribution is -2.56. The average molecular weight is 336 g/mol. The van der Waals surface area contributed by atoms with Crippen molar-refractivity contribution in [3.05, 3.63) is 11.6 Å². The molecule has 1 N–H and O–H groups in total. The van der Waals surface area contributed by atoms with E-state index in [0.717, 1.165) is 43.9 Å². The second kappa shape index (κ2) is 7.29. The number of hydrogen-bond donors (Lipinski definition) is 1. The fraction of sp³-hybridized carbons (Fsp3) is 0.688. The monoisotopic (exact) mass is 336 g/mol. The highest BCUT2D eigenvalue weighted by atomic mass is 32.1. The summed E-state index contributed by atoms with van der Waals surface area (Å²) in [4.78, 5) is 32.9. The zero-order valence-corrected chi connectivity index (χ0v) is 14.3. The molecule has 0 radical (unpaired) electrons. The SMILES string of the molecule is CC(=O)N[C@H](C(=O)N1CCN(c2nccs2)CC1)C1CCCC1. The standard InChI is InChI=1S/C16H24N4O2S/c1-12(21)18-14(13-4-2-3-5-13)15(22)19-7-9-20(10-8-19)16-17-6-11-23-16/h6,11,13-14H,2-5,7-10H2,1H3,(H,18,21)/t14-/m0/s1. The first-order valence-corrected chi connectivity index (χ1v) is 9.23. The van der Waals surface area contributed by atoms with Gasteiger partial charge in [0.15, 0.2) is 5.13 Å². The Labute approximate surface area is 140 Å². The minimum atomic E-state index is -0.346. The Kier molecular flexibility index (Phi) is 5.15. The van der Waals surface area contributed by atoms with Gasteiger partial charge in [-0.3, -0.25) is 9.59 Å². The molecule has 7 heteroatoms. The summed E-state index contributed by atoms with van der Waals surface area (Å²) >= 11 is 1.63. The Balaban J connectivity index is 1.60. The lowest BCUT2D eigenvalue weighted by atomic mass is 9.96. The van der Waals surface area contributed by atoms with Gasteiger partial charge in [-0.25, -0.2) is 4.98 Å². The van der Waals surface area contributed by atoms with Gasteiger partial charge in [0.25, 0.3) is 0 Å². The van der Waals surface area contributed by atoms with Crippen LogP contribution in [-0.2, 0) is 9.59 Å². The van der Waals surface area contributed by atoms with Crippen molar-refractivity contribution in [2.45, 2.75) is 38.6 Å². The van der Waals surface area contributed by atoms with Gasteiger partial charge >= 0.3 is 0 Å². The number of nitrogens with zero attached hydrogens (tertiary/aromatic N) is 3. The molecule has 23 heavy (non-hydrogen) atoms. The second-order valence-electron chi connectivity index (χ2n) is 6.35. The number of carbonyl (C=O) groups is 2. The molecule has 126 valence electrons. The number of thiazole rings is 1. The fourth-order valence-corrected chi connectivity index (χ4v) is 4.27. The number of aromatic nitrogens is 1. The van der Waals surface area contributed by atoms with Crippen molar-refractivity contribution in [3.8, 4) is 0 Å². The summed E-state index contributed by atoms with van der Waals surface area (Å²) in [7, 11) is 0. The summed E-state index contributed by atoms with van der Waals surface area (Å²) in [6, 6.07) is -0.346. The maximum absolute atomic E-state index is 12.9. The van der Waals surface area contributed by atoms with Gasteiger partial charge in [-0.2, -0.15) is 0 Å². The number of carbonyl (C=O) groups excluding carboxylic acids is 2. The number of rotatable bonds is 4. The Morgan fingerprint density at radius 2 is 1.96 bits per heavy atom. The van der Waals surface area contributed by atoms with E-state index in [0.29, 0.717) is 19.0 Å². The molecule has 2 heterocycles. The Morgan fingerprint density at radius 3 is 2.52 bits per heavy atom. The molecule has 1 aromatic rings. The number of anilines is 1. The first kappa shape index (κ1) is 16.2. The van der Waals surface area contributed by atoms with E-state index in [1.165, 1.54) is 6.92 Å². The smallest absolute Gasteiger partial charge is 0.245 e. The van der Waals surface area contributed by atoms with Gasteiger partial charge in [0.2, 0.25) is 11.8 Å². The highest BCUT2D eigenvalue weighted by Gasteiger charge is 2.35. The lowest BCUT2D eigenvalue weighted by molar-refractivity contribution is -0.137. The largest absolute Gasteiger partial charge is 0.345 e. The molecule has 2 aliphatic rings. The van der Waals surface area contributed by atoms with E-state index in [9.17, 15) is 9.59 Å². The lowest BCUT2D eigenvalue weighted by Gasteiger charge is -2.37. The van der Waals surface area contributed by atoms with Gasteiger partial charge in [0, 0.05) is 44.7 Å². The van der Waals surface area contributed by atoms with Crippen LogP contribution < -0.4 is 10.2 Å². The van der Waals surface area contributed by atoms with Crippen molar-refractivity contribution >= 4 is 28.3 Å². The van der Waals surface area contributed by atoms with E-state index in [-0.39, 0.29) is 17.9 Å². The van der Waals surface area contributed by atoms with Crippen LogP contribution in [0.4, 0.5) is 5.13 Å². The fourth-order valence-electron chi connectivity index (χ4n) is 3.58. The number of amides is 2. The normalized spacial score (nSPS) is 20.6. The molecular weight excluding hydrogens is 312 g/mol. The molecule has 0 unspecified atom stereocenters. The molecule has 1 aliphatic carbocycles. The van der Waals surface area contributed by atoms with E-state index in [2.05, 4.69) is 15.2 Å². The molecular formula is C16H24N4O2S. The minimum absolute atomic E-state index is 0.0888. The molecule has 1 atom stereocenters. The van der Waals surface area contributed by atoms with Crippen LogP contribution in [0.2, 0.25) is 0 Å². The summed E-state index contributed by atoms with van der Waals surface area (Å²) in [5, 5.41) is 5.90. The predicted octanol–water partition coefficient (Wildman–Crippen LogP) is 1.49. The average Bonchev–Trinajstić information content (AvgIpc) is 3.25. The molecule has 1 aliphatic heterocycles. The van der Waals surface area contributed by atoms with E-state index in [1.54, 1.807) is 11.3 Å². The van der Waals surface area contributed by atoms with E-state index in [1.807, 2.05) is 16.5 Å². The minimum Gasteiger partial charge on any atom is -0.345 e. The van der Waals surface area contributed by atoms with Crippen LogP contribution in [0.3, 0.4) is 0 Å². The van der Waals surface area contributed by atoms with Crippen molar-refractivity contribution in [2.75, 3.05) is 31.1 Å². The van der Waals surface area contributed by atoms with Crippen LogP contribution in [0.5, 0.6) is 0 Å². The first-order chi connectivity index (χ1) is 11.1. The summed E-state index contributed by atoms with van der Waals surface area (Å²) in [5.74, 6) is 0.269. The topological polar surface area (TPSA) is 65.5 Å². The molecule has 2 fully saturated rings. The highest BCUT2D eigenvalue weighted by molar-refractivity contribution is 7.13. The van der Waals surface area contributed by atoms with Crippen molar-refractivity contribution in [2.24, 2.45) is 5.92 Å². The van der Waals surface area contributed by atoms with E-state index >= 15 is 0 Å². The molecule has 3 rings (SSSR count). The molecule has 6 nitrogen and oxygen atoms in total. The zero-order valence-electron chi connectivity index (χ0n) is 13.5. The second-order valence-corrected chi connectivity index (χ2v) is 7.22. The maximum atomic E-state index is 12.9. The summed E-state index contributed by atoms with van der Waals surface area (Å²) < 4.78 is 0. The van der Waals surface area contributed by atoms with Crippen molar-refractivity contribution in [1.29, 1.82) is 0 Å². The van der Waals surface area contributed by atoms with Gasteiger partial charge in [-0.05, 0) is 18.8 Å². The van der Waals surface area contributed by atoms with Crippen molar-refractivity contribution in [3.63, 3.8) is 0 Å². The van der Waals surface area contributed by atoms with Crippen molar-refractivity contribution < 1.29 is 9.59 Å². The number of nitrogens with one attached hydrogen (secondary N) is 1. The number of piperazine rings is 1. The predicted molar refractivity (Wildman–Crippen MR) is 90.5 cm³/mol. The van der Waals surface area contributed by atoms with Crippen LogP contribution in [0, 0.1) is 5.92 Å². The third kappa shape index (κ3) is 3.83. The van der Waals surface area contributed by atoms with Gasteiger partial charge in [0.1, 0.15) is 6.04 Å². The summed E-state index contributed by atoms with van der Waals surface area (Å²) in [6.07, 6.45) is 6.20. The van der Waals surface area contributed by atoms with Gasteiger partial charge < -0.3 is 15.1 Å². The Morgan fingerprint density at radius 1 is 1.26 bits per heavy atom. The molecule has 0 spiro atoms. The third-order valence-electron chi connectivity index (χ3n) is 4.78. The van der Waals surface area contributed by atoms with E-state index in [4.69, 9.17) is 0 Å². The quantitative estimate of drug-likeness (QED) is 0.905. The van der Waals surface area contributed by atoms with Gasteiger partial charge in [-0.15, -0.1) is 11.3 Å². The van der Waals surface area contributed by atoms with Gasteiger partial charge in [-0.1, -0.05) is 12.8 Å². The summed E-state index contributed by atoms with van der Waals surface area (Å²) in [6.45, 7) is 4.49. The third-order valence-corrected chi connectivity index (χ3v) is 5.61. The zero-order chi connectivity index (χ0) is 16.2. The van der Waals surface area contributed by atoms with Crippen LogP contribution in [0.15, 0.2) is 11.6 Å². The number of hydrogen-bond acceptors (Lipinski definition) is 5. The van der Waals surface area contributed by atoms with Crippen molar-refractivity contribution in [1.82, 2.24) is 15.2 Å². The Bertz CT molecular complexity index is 534. The van der Waals surface area contributed by atoms with Gasteiger partial charge in [0.05, 0.1) is 0 Å². The van der Waals surface area contributed by atoms with Crippen LogP contribution in [-0.4, -0.2) is 53.9 Å². The molecule has 0 bridgehead atoms. The van der Waals surface area contributed by atoms with E-state index < -0.39 is 0 Å². The van der Waals surface area contributed by atoms with Crippen LogP contribution in [0.1, 0.15) is 32.6 Å². The first-order valence-electron chi connectivity index (χ1n) is 8.35. The molecule has 1 saturated heterocycles. The molecule has 0 aromatic carbocycles. The maximum Gasteiger partial charge on any atom is 0.245 e. The van der Waals surface area contributed by atoms with Crippen LogP contribution >= 0.6 is 11.3 Å². The Hall–Kier alpha value is -1.63. The highest BCUT2D eigenvalue weighted by Crippen LogP contribution is 2.29. The van der Waals surface area contributed by atoms with Crippen LogP contribution in [0.25, 0.3) is 0 Å². The molecule has 1 saturated carbocycles. The summed E-state index contributed by atoms with van der Waals surface area (Å²) in [5.41, 5.74) is 0. The molecule has 2 amide bonds. The molecule has 1 aromatic heterocycles.